The lowest BCUT2D eigenvalue weighted by atomic mass is 9.87. The van der Waals surface area contributed by atoms with Crippen molar-refractivity contribution in [2.45, 2.75) is 31.4 Å². The second-order valence-corrected chi connectivity index (χ2v) is 9.72. The summed E-state index contributed by atoms with van der Waals surface area (Å²) >= 11 is 8.05. The van der Waals surface area contributed by atoms with Crippen LogP contribution in [0.5, 0.6) is 5.75 Å². The number of rotatable bonds is 3. The quantitative estimate of drug-likeness (QED) is 0.498. The summed E-state index contributed by atoms with van der Waals surface area (Å²) < 4.78 is 6.69. The molecule has 0 aliphatic carbocycles. The SMILES string of the molecule is O=C(c1ccccc1Cl)N1CCC2(CC1)CCN(Cc1cccs1)c1ccccc1O2. The van der Waals surface area contributed by atoms with E-state index in [9.17, 15) is 4.79 Å². The Morgan fingerprint density at radius 3 is 2.48 bits per heavy atom. The molecule has 0 bridgehead atoms. The first-order valence-electron chi connectivity index (χ1n) is 10.7. The molecule has 1 spiro atoms. The third kappa shape index (κ3) is 4.17. The lowest BCUT2D eigenvalue weighted by Gasteiger charge is -2.41. The number of carbonyl (C=O) groups is 1. The molecule has 0 atom stereocenters. The van der Waals surface area contributed by atoms with Crippen molar-refractivity contribution in [1.82, 2.24) is 4.90 Å². The normalized spacial score (nSPS) is 17.7. The number of hydrogen-bond acceptors (Lipinski definition) is 4. The highest BCUT2D eigenvalue weighted by Crippen LogP contribution is 2.41. The standard InChI is InChI=1S/C25H25ClN2O2S/c26-21-8-2-1-7-20(21)24(29)27-14-11-25(12-15-27)13-16-28(18-19-6-5-17-31-19)22-9-3-4-10-23(22)30-25/h1-10,17H,11-16,18H2. The fourth-order valence-corrected chi connectivity index (χ4v) is 5.51. The van der Waals surface area contributed by atoms with E-state index in [4.69, 9.17) is 16.3 Å². The van der Waals surface area contributed by atoms with Gasteiger partial charge in [0, 0.05) is 43.8 Å². The van der Waals surface area contributed by atoms with Crippen LogP contribution in [0, 0.1) is 0 Å². The predicted octanol–water partition coefficient (Wildman–Crippen LogP) is 5.87. The zero-order valence-corrected chi connectivity index (χ0v) is 18.9. The summed E-state index contributed by atoms with van der Waals surface area (Å²) in [6.45, 7) is 3.19. The Labute approximate surface area is 192 Å². The Hall–Kier alpha value is -2.50. The maximum Gasteiger partial charge on any atom is 0.255 e. The second kappa shape index (κ2) is 8.56. The van der Waals surface area contributed by atoms with Gasteiger partial charge in [-0.05, 0) is 35.7 Å². The van der Waals surface area contributed by atoms with Crippen molar-refractivity contribution in [2.24, 2.45) is 0 Å². The zero-order chi connectivity index (χ0) is 21.3. The van der Waals surface area contributed by atoms with Gasteiger partial charge in [0.05, 0.1) is 22.8 Å². The molecule has 4 nitrogen and oxygen atoms in total. The van der Waals surface area contributed by atoms with Crippen LogP contribution in [0.1, 0.15) is 34.5 Å². The van der Waals surface area contributed by atoms with Gasteiger partial charge in [0.1, 0.15) is 11.4 Å². The fourth-order valence-electron chi connectivity index (χ4n) is 4.58. The summed E-state index contributed by atoms with van der Waals surface area (Å²) in [5.41, 5.74) is 1.49. The zero-order valence-electron chi connectivity index (χ0n) is 17.3. The highest BCUT2D eigenvalue weighted by atomic mass is 35.5. The van der Waals surface area contributed by atoms with Crippen molar-refractivity contribution in [1.29, 1.82) is 0 Å². The van der Waals surface area contributed by atoms with E-state index in [1.54, 1.807) is 23.5 Å². The van der Waals surface area contributed by atoms with E-state index in [1.807, 2.05) is 23.1 Å². The number of ether oxygens (including phenoxy) is 1. The summed E-state index contributed by atoms with van der Waals surface area (Å²) in [7, 11) is 0. The van der Waals surface area contributed by atoms with Crippen LogP contribution in [0.15, 0.2) is 66.0 Å². The number of likely N-dealkylation sites (tertiary alicyclic amines) is 1. The minimum absolute atomic E-state index is 0.00814. The van der Waals surface area contributed by atoms with E-state index in [1.165, 1.54) is 4.88 Å². The van der Waals surface area contributed by atoms with Gasteiger partial charge in [-0.1, -0.05) is 41.9 Å². The number of thiophene rings is 1. The summed E-state index contributed by atoms with van der Waals surface area (Å²) in [5, 5.41) is 2.64. The molecule has 1 aromatic heterocycles. The third-order valence-electron chi connectivity index (χ3n) is 6.36. The molecule has 31 heavy (non-hydrogen) atoms. The molecule has 3 aromatic rings. The highest BCUT2D eigenvalue weighted by molar-refractivity contribution is 7.09. The molecule has 0 radical (unpaired) electrons. The Kier molecular flexibility index (Phi) is 5.63. The molecule has 2 aliphatic rings. The number of amides is 1. The molecule has 2 aromatic carbocycles. The molecule has 5 rings (SSSR count). The largest absolute Gasteiger partial charge is 0.485 e. The van der Waals surface area contributed by atoms with Crippen LogP contribution in [0.2, 0.25) is 5.02 Å². The van der Waals surface area contributed by atoms with Crippen molar-refractivity contribution in [3.8, 4) is 5.75 Å². The highest BCUT2D eigenvalue weighted by Gasteiger charge is 2.40. The number of halogens is 1. The minimum atomic E-state index is -0.239. The van der Waals surface area contributed by atoms with Crippen LogP contribution in [0.25, 0.3) is 0 Å². The van der Waals surface area contributed by atoms with Gasteiger partial charge in [0.15, 0.2) is 0 Å². The lowest BCUT2D eigenvalue weighted by molar-refractivity contribution is 0.00240. The van der Waals surface area contributed by atoms with Crippen LogP contribution in [-0.4, -0.2) is 36.0 Å². The van der Waals surface area contributed by atoms with Crippen molar-refractivity contribution in [3.05, 3.63) is 81.5 Å². The number of fused-ring (bicyclic) bond motifs is 1. The first kappa shape index (κ1) is 20.4. The molecule has 1 saturated heterocycles. The van der Waals surface area contributed by atoms with Gasteiger partial charge in [-0.15, -0.1) is 11.3 Å². The molecular formula is C25H25ClN2O2S. The summed E-state index contributed by atoms with van der Waals surface area (Å²) in [6.07, 6.45) is 2.59. The van der Waals surface area contributed by atoms with Crippen molar-refractivity contribution in [2.75, 3.05) is 24.5 Å². The number of anilines is 1. The number of hydrogen-bond donors (Lipinski definition) is 0. The fraction of sp³-hybridized carbons (Fsp3) is 0.320. The molecule has 6 heteroatoms. The van der Waals surface area contributed by atoms with Crippen molar-refractivity contribution >= 4 is 34.5 Å². The van der Waals surface area contributed by atoms with E-state index in [-0.39, 0.29) is 11.5 Å². The van der Waals surface area contributed by atoms with Gasteiger partial charge >= 0.3 is 0 Å². The van der Waals surface area contributed by atoms with Crippen molar-refractivity contribution in [3.63, 3.8) is 0 Å². The Balaban J connectivity index is 1.33. The summed E-state index contributed by atoms with van der Waals surface area (Å²) in [6, 6.07) is 19.9. The number of benzene rings is 2. The van der Waals surface area contributed by atoms with E-state index >= 15 is 0 Å². The second-order valence-electron chi connectivity index (χ2n) is 8.28. The summed E-state index contributed by atoms with van der Waals surface area (Å²) in [5.74, 6) is 0.955. The molecule has 1 fully saturated rings. The number of carbonyl (C=O) groups excluding carboxylic acids is 1. The topological polar surface area (TPSA) is 32.8 Å². The van der Waals surface area contributed by atoms with Gasteiger partial charge in [-0.25, -0.2) is 0 Å². The van der Waals surface area contributed by atoms with Crippen LogP contribution < -0.4 is 9.64 Å². The van der Waals surface area contributed by atoms with Crippen LogP contribution in [0.4, 0.5) is 5.69 Å². The molecule has 1 amide bonds. The van der Waals surface area contributed by atoms with E-state index < -0.39 is 0 Å². The van der Waals surface area contributed by atoms with Gasteiger partial charge in [0.25, 0.3) is 5.91 Å². The Bertz CT molecular complexity index is 1060. The first-order chi connectivity index (χ1) is 15.1. The monoisotopic (exact) mass is 452 g/mol. The maximum absolute atomic E-state index is 13.0. The maximum atomic E-state index is 13.0. The van der Waals surface area contributed by atoms with Crippen LogP contribution in [-0.2, 0) is 6.54 Å². The molecule has 0 saturated carbocycles. The predicted molar refractivity (Wildman–Crippen MR) is 126 cm³/mol. The average molecular weight is 453 g/mol. The number of para-hydroxylation sites is 2. The van der Waals surface area contributed by atoms with Gasteiger partial charge in [-0.2, -0.15) is 0 Å². The van der Waals surface area contributed by atoms with E-state index in [2.05, 4.69) is 40.6 Å². The third-order valence-corrected chi connectivity index (χ3v) is 7.55. The smallest absolute Gasteiger partial charge is 0.255 e. The van der Waals surface area contributed by atoms with Crippen LogP contribution in [0.3, 0.4) is 0 Å². The van der Waals surface area contributed by atoms with Gasteiger partial charge < -0.3 is 14.5 Å². The Morgan fingerprint density at radius 1 is 0.968 bits per heavy atom. The van der Waals surface area contributed by atoms with E-state index in [0.29, 0.717) is 23.7 Å². The molecule has 3 heterocycles. The first-order valence-corrected chi connectivity index (χ1v) is 12.0. The van der Waals surface area contributed by atoms with Gasteiger partial charge in [-0.3, -0.25) is 4.79 Å². The molecular weight excluding hydrogens is 428 g/mol. The molecule has 160 valence electrons. The van der Waals surface area contributed by atoms with Gasteiger partial charge in [0.2, 0.25) is 0 Å². The average Bonchev–Trinajstić information content (AvgIpc) is 3.26. The lowest BCUT2D eigenvalue weighted by Crippen LogP contribution is -2.50. The van der Waals surface area contributed by atoms with Crippen molar-refractivity contribution < 1.29 is 9.53 Å². The van der Waals surface area contributed by atoms with E-state index in [0.717, 1.165) is 43.8 Å². The number of piperidine rings is 1. The molecule has 0 N–H and O–H groups in total. The number of nitrogens with zero attached hydrogens (tertiary/aromatic N) is 2. The molecule has 0 unspecified atom stereocenters. The van der Waals surface area contributed by atoms with Crippen LogP contribution >= 0.6 is 22.9 Å². The molecule has 2 aliphatic heterocycles. The summed E-state index contributed by atoms with van der Waals surface area (Å²) in [4.78, 5) is 18.7. The minimum Gasteiger partial charge on any atom is -0.485 e. The Morgan fingerprint density at radius 2 is 1.71 bits per heavy atom.